The smallest absolute Gasteiger partial charge is 0.295 e. The summed E-state index contributed by atoms with van der Waals surface area (Å²) in [6, 6.07) is 21.8. The van der Waals surface area contributed by atoms with Crippen molar-refractivity contribution in [2.75, 3.05) is 19.0 Å². The van der Waals surface area contributed by atoms with Crippen molar-refractivity contribution in [2.45, 2.75) is 6.92 Å². The zero-order chi connectivity index (χ0) is 22.5. The second-order valence-electron chi connectivity index (χ2n) is 6.76. The van der Waals surface area contributed by atoms with Gasteiger partial charge in [0.25, 0.3) is 5.91 Å². The summed E-state index contributed by atoms with van der Waals surface area (Å²) in [6.45, 7) is 2.37. The molecule has 1 aromatic heterocycles. The van der Waals surface area contributed by atoms with Gasteiger partial charge in [-0.2, -0.15) is 0 Å². The van der Waals surface area contributed by atoms with Gasteiger partial charge < -0.3 is 14.8 Å². The van der Waals surface area contributed by atoms with Crippen molar-refractivity contribution in [1.29, 1.82) is 0 Å². The third-order valence-corrected chi connectivity index (χ3v) is 4.92. The Labute approximate surface area is 190 Å². The molecule has 1 heterocycles. The van der Waals surface area contributed by atoms with Crippen LogP contribution >= 0.6 is 11.6 Å². The highest BCUT2D eigenvalue weighted by Crippen LogP contribution is 2.26. The number of carbonyl (C=O) groups is 1. The molecule has 0 aliphatic carbocycles. The molecule has 4 rings (SSSR count). The summed E-state index contributed by atoms with van der Waals surface area (Å²) in [7, 11) is 1.60. The number of hydrogen-bond acceptors (Lipinski definition) is 5. The molecule has 1 N–H and O–H groups in total. The van der Waals surface area contributed by atoms with Crippen LogP contribution in [0.3, 0.4) is 0 Å². The minimum absolute atomic E-state index is 0.0251. The Morgan fingerprint density at radius 2 is 1.75 bits per heavy atom. The predicted octanol–water partition coefficient (Wildman–Crippen LogP) is 5.25. The maximum Gasteiger partial charge on any atom is 0.295 e. The predicted molar refractivity (Wildman–Crippen MR) is 124 cm³/mol. The van der Waals surface area contributed by atoms with Crippen LogP contribution in [0.15, 0.2) is 72.8 Å². The van der Waals surface area contributed by atoms with E-state index in [0.29, 0.717) is 28.9 Å². The number of ether oxygens (including phenoxy) is 2. The number of nitrogens with one attached hydrogen (secondary N) is 1. The molecule has 0 bridgehead atoms. The lowest BCUT2D eigenvalue weighted by atomic mass is 10.2. The zero-order valence-corrected chi connectivity index (χ0v) is 18.3. The minimum atomic E-state index is -0.445. The fourth-order valence-electron chi connectivity index (χ4n) is 3.13. The number of methoxy groups -OCH3 is 1. The van der Waals surface area contributed by atoms with E-state index in [9.17, 15) is 4.79 Å². The Morgan fingerprint density at radius 1 is 1.03 bits per heavy atom. The molecule has 0 aliphatic rings. The first-order valence-electron chi connectivity index (χ1n) is 9.99. The van der Waals surface area contributed by atoms with E-state index in [1.807, 2.05) is 55.5 Å². The molecule has 4 aromatic rings. The van der Waals surface area contributed by atoms with E-state index in [4.69, 9.17) is 21.1 Å². The van der Waals surface area contributed by atoms with Crippen molar-refractivity contribution in [3.8, 4) is 28.6 Å². The van der Waals surface area contributed by atoms with E-state index in [-0.39, 0.29) is 5.82 Å². The SMILES string of the molecule is CCOc1ccccc1NC(=O)c1nc(-c2ccc(OC)cc2)n(-c2ccc(Cl)cc2)n1. The summed E-state index contributed by atoms with van der Waals surface area (Å²) in [6.07, 6.45) is 0. The van der Waals surface area contributed by atoms with E-state index < -0.39 is 5.91 Å². The molecule has 0 saturated carbocycles. The van der Waals surface area contributed by atoms with Crippen LogP contribution in [0, 0.1) is 0 Å². The third-order valence-electron chi connectivity index (χ3n) is 4.66. The standard InChI is InChI=1S/C24H21ClN4O3/c1-3-32-21-7-5-4-6-20(21)26-24(30)22-27-23(16-8-14-19(31-2)15-9-16)29(28-22)18-12-10-17(25)11-13-18/h4-15H,3H2,1-2H3,(H,26,30). The van der Waals surface area contributed by atoms with Crippen LogP contribution in [-0.4, -0.2) is 34.4 Å². The number of aromatic nitrogens is 3. The summed E-state index contributed by atoms with van der Waals surface area (Å²) in [5, 5.41) is 7.92. The third kappa shape index (κ3) is 4.58. The molecule has 3 aromatic carbocycles. The van der Waals surface area contributed by atoms with Crippen molar-refractivity contribution in [3.63, 3.8) is 0 Å². The van der Waals surface area contributed by atoms with Crippen molar-refractivity contribution < 1.29 is 14.3 Å². The Morgan fingerprint density at radius 3 is 2.44 bits per heavy atom. The number of rotatable bonds is 7. The van der Waals surface area contributed by atoms with Crippen LogP contribution in [0.5, 0.6) is 11.5 Å². The molecule has 7 nitrogen and oxygen atoms in total. The van der Waals surface area contributed by atoms with Gasteiger partial charge >= 0.3 is 0 Å². The second kappa shape index (κ2) is 9.53. The summed E-state index contributed by atoms with van der Waals surface area (Å²) in [5.74, 6) is 1.39. The highest BCUT2D eigenvalue weighted by Gasteiger charge is 2.20. The Balaban J connectivity index is 1.73. The van der Waals surface area contributed by atoms with Gasteiger partial charge in [-0.05, 0) is 67.6 Å². The molecule has 8 heteroatoms. The molecule has 32 heavy (non-hydrogen) atoms. The van der Waals surface area contributed by atoms with Gasteiger partial charge in [0.15, 0.2) is 5.82 Å². The summed E-state index contributed by atoms with van der Waals surface area (Å²) in [5.41, 5.74) is 2.05. The zero-order valence-electron chi connectivity index (χ0n) is 17.6. The number of nitrogens with zero attached hydrogens (tertiary/aromatic N) is 3. The molecule has 0 aliphatic heterocycles. The first-order valence-corrected chi connectivity index (χ1v) is 10.4. The minimum Gasteiger partial charge on any atom is -0.497 e. The Hall–Kier alpha value is -3.84. The molecule has 1 amide bonds. The van der Waals surface area contributed by atoms with E-state index in [1.165, 1.54) is 0 Å². The molecule has 0 spiro atoms. The number of amides is 1. The molecule has 0 saturated heterocycles. The van der Waals surface area contributed by atoms with E-state index in [1.54, 1.807) is 36.1 Å². The van der Waals surface area contributed by atoms with E-state index in [2.05, 4.69) is 15.4 Å². The van der Waals surface area contributed by atoms with Crippen molar-refractivity contribution >= 4 is 23.2 Å². The average Bonchev–Trinajstić information content (AvgIpc) is 3.27. The highest BCUT2D eigenvalue weighted by molar-refractivity contribution is 6.30. The van der Waals surface area contributed by atoms with Crippen LogP contribution in [-0.2, 0) is 0 Å². The normalized spacial score (nSPS) is 10.6. The maximum absolute atomic E-state index is 13.0. The van der Waals surface area contributed by atoms with Gasteiger partial charge in [0.05, 0.1) is 25.1 Å². The Kier molecular flexibility index (Phi) is 6.37. The van der Waals surface area contributed by atoms with Gasteiger partial charge in [0, 0.05) is 10.6 Å². The van der Waals surface area contributed by atoms with Crippen molar-refractivity contribution in [3.05, 3.63) is 83.6 Å². The van der Waals surface area contributed by atoms with Crippen LogP contribution in [0.1, 0.15) is 17.5 Å². The molecular weight excluding hydrogens is 428 g/mol. The summed E-state index contributed by atoms with van der Waals surface area (Å²) >= 11 is 6.04. The Bertz CT molecular complexity index is 1220. The first kappa shape index (κ1) is 21.4. The van der Waals surface area contributed by atoms with Crippen LogP contribution in [0.25, 0.3) is 17.1 Å². The quantitative estimate of drug-likeness (QED) is 0.418. The lowest BCUT2D eigenvalue weighted by Crippen LogP contribution is -2.15. The van der Waals surface area contributed by atoms with Gasteiger partial charge in [-0.3, -0.25) is 4.79 Å². The molecule has 0 unspecified atom stereocenters. The number of hydrogen-bond donors (Lipinski definition) is 1. The van der Waals surface area contributed by atoms with Crippen LogP contribution < -0.4 is 14.8 Å². The van der Waals surface area contributed by atoms with Gasteiger partial charge in [-0.25, -0.2) is 9.67 Å². The van der Waals surface area contributed by atoms with Gasteiger partial charge in [0.2, 0.25) is 5.82 Å². The average molecular weight is 449 g/mol. The molecule has 0 fully saturated rings. The first-order chi connectivity index (χ1) is 15.6. The van der Waals surface area contributed by atoms with E-state index in [0.717, 1.165) is 17.0 Å². The van der Waals surface area contributed by atoms with Gasteiger partial charge in [-0.1, -0.05) is 23.7 Å². The summed E-state index contributed by atoms with van der Waals surface area (Å²) in [4.78, 5) is 17.5. The molecular formula is C24H21ClN4O3. The lowest BCUT2D eigenvalue weighted by Gasteiger charge is -2.09. The second-order valence-corrected chi connectivity index (χ2v) is 7.20. The largest absolute Gasteiger partial charge is 0.497 e. The number of benzene rings is 3. The maximum atomic E-state index is 13.0. The van der Waals surface area contributed by atoms with E-state index >= 15 is 0 Å². The fraction of sp³-hybridized carbons (Fsp3) is 0.125. The number of halogens is 1. The lowest BCUT2D eigenvalue weighted by molar-refractivity contribution is 0.101. The molecule has 0 atom stereocenters. The monoisotopic (exact) mass is 448 g/mol. The number of carbonyl (C=O) groups excluding carboxylic acids is 1. The molecule has 0 radical (unpaired) electrons. The topological polar surface area (TPSA) is 78.3 Å². The fourth-order valence-corrected chi connectivity index (χ4v) is 3.25. The van der Waals surface area contributed by atoms with Crippen molar-refractivity contribution in [1.82, 2.24) is 14.8 Å². The number of para-hydroxylation sites is 2. The van der Waals surface area contributed by atoms with Crippen molar-refractivity contribution in [2.24, 2.45) is 0 Å². The number of anilines is 1. The van der Waals surface area contributed by atoms with Crippen LogP contribution in [0.2, 0.25) is 5.02 Å². The molecule has 162 valence electrons. The van der Waals surface area contributed by atoms with Gasteiger partial charge in [0.1, 0.15) is 11.5 Å². The highest BCUT2D eigenvalue weighted by atomic mass is 35.5. The van der Waals surface area contributed by atoms with Gasteiger partial charge in [-0.15, -0.1) is 5.10 Å². The summed E-state index contributed by atoms with van der Waals surface area (Å²) < 4.78 is 12.4. The van der Waals surface area contributed by atoms with Crippen LogP contribution in [0.4, 0.5) is 5.69 Å².